The zero-order valence-corrected chi connectivity index (χ0v) is 11.7. The molecule has 0 unspecified atom stereocenters. The largest absolute Gasteiger partial charge is 0.507 e. The SMILES string of the molecule is COc1cccc2c(Sc3ccccc3O)nccc12. The number of para-hydroxylation sites is 1. The number of ether oxygens (including phenoxy) is 1. The van der Waals surface area contributed by atoms with Crippen LogP contribution in [0.2, 0.25) is 0 Å². The number of methoxy groups -OCH3 is 1. The van der Waals surface area contributed by atoms with E-state index in [1.807, 2.05) is 36.4 Å². The number of rotatable bonds is 3. The van der Waals surface area contributed by atoms with E-state index in [1.165, 1.54) is 11.8 Å². The van der Waals surface area contributed by atoms with Gasteiger partial charge in [0, 0.05) is 17.0 Å². The fraction of sp³-hybridized carbons (Fsp3) is 0.0625. The molecule has 1 heterocycles. The molecule has 0 amide bonds. The zero-order valence-electron chi connectivity index (χ0n) is 10.9. The number of hydrogen-bond donors (Lipinski definition) is 1. The van der Waals surface area contributed by atoms with Gasteiger partial charge in [-0.15, -0.1) is 0 Å². The monoisotopic (exact) mass is 283 g/mol. The number of benzene rings is 2. The lowest BCUT2D eigenvalue weighted by molar-refractivity contribution is 0.419. The fourth-order valence-electron chi connectivity index (χ4n) is 2.06. The van der Waals surface area contributed by atoms with E-state index in [4.69, 9.17) is 4.74 Å². The number of aromatic hydroxyl groups is 1. The molecule has 20 heavy (non-hydrogen) atoms. The van der Waals surface area contributed by atoms with Gasteiger partial charge in [0.15, 0.2) is 0 Å². The predicted molar refractivity (Wildman–Crippen MR) is 80.5 cm³/mol. The van der Waals surface area contributed by atoms with Crippen molar-refractivity contribution < 1.29 is 9.84 Å². The van der Waals surface area contributed by atoms with Crippen molar-refractivity contribution in [1.29, 1.82) is 0 Å². The van der Waals surface area contributed by atoms with E-state index in [9.17, 15) is 5.11 Å². The van der Waals surface area contributed by atoms with Crippen molar-refractivity contribution in [3.8, 4) is 11.5 Å². The van der Waals surface area contributed by atoms with Gasteiger partial charge < -0.3 is 9.84 Å². The summed E-state index contributed by atoms with van der Waals surface area (Å²) in [7, 11) is 1.66. The molecule has 0 bridgehead atoms. The topological polar surface area (TPSA) is 42.4 Å². The maximum Gasteiger partial charge on any atom is 0.129 e. The predicted octanol–water partition coefficient (Wildman–Crippen LogP) is 4.10. The minimum Gasteiger partial charge on any atom is -0.507 e. The van der Waals surface area contributed by atoms with E-state index in [0.717, 1.165) is 26.4 Å². The molecule has 0 saturated heterocycles. The second-order valence-corrected chi connectivity index (χ2v) is 5.27. The quantitative estimate of drug-likeness (QED) is 0.786. The molecule has 0 atom stereocenters. The van der Waals surface area contributed by atoms with E-state index >= 15 is 0 Å². The maximum atomic E-state index is 9.87. The van der Waals surface area contributed by atoms with Crippen LogP contribution in [-0.2, 0) is 0 Å². The third-order valence-electron chi connectivity index (χ3n) is 3.02. The van der Waals surface area contributed by atoms with E-state index in [1.54, 1.807) is 25.4 Å². The highest BCUT2D eigenvalue weighted by Gasteiger charge is 2.09. The molecule has 0 aliphatic rings. The van der Waals surface area contributed by atoms with E-state index in [0.29, 0.717) is 0 Å². The van der Waals surface area contributed by atoms with Crippen LogP contribution >= 0.6 is 11.8 Å². The number of phenols is 1. The fourth-order valence-corrected chi connectivity index (χ4v) is 2.99. The Morgan fingerprint density at radius 3 is 2.65 bits per heavy atom. The second-order valence-electron chi connectivity index (χ2n) is 4.24. The Morgan fingerprint density at radius 2 is 1.85 bits per heavy atom. The third-order valence-corrected chi connectivity index (χ3v) is 4.11. The summed E-state index contributed by atoms with van der Waals surface area (Å²) in [5, 5.41) is 12.8. The summed E-state index contributed by atoms with van der Waals surface area (Å²) in [6, 6.07) is 15.1. The highest BCUT2D eigenvalue weighted by molar-refractivity contribution is 7.99. The van der Waals surface area contributed by atoms with Gasteiger partial charge in [-0.05, 0) is 24.3 Å². The smallest absolute Gasteiger partial charge is 0.129 e. The van der Waals surface area contributed by atoms with Crippen LogP contribution in [0.1, 0.15) is 0 Å². The molecule has 100 valence electrons. The molecule has 1 aromatic heterocycles. The molecule has 0 aliphatic heterocycles. The number of aromatic nitrogens is 1. The lowest BCUT2D eigenvalue weighted by atomic mass is 10.1. The molecule has 0 fully saturated rings. The molecule has 3 nitrogen and oxygen atoms in total. The summed E-state index contributed by atoms with van der Waals surface area (Å²) in [5.74, 6) is 1.09. The van der Waals surface area contributed by atoms with Crippen molar-refractivity contribution in [2.45, 2.75) is 9.92 Å². The first-order chi connectivity index (χ1) is 9.79. The van der Waals surface area contributed by atoms with Crippen LogP contribution in [0.25, 0.3) is 10.8 Å². The number of phenolic OH excluding ortho intramolecular Hbond substituents is 1. The highest BCUT2D eigenvalue weighted by atomic mass is 32.2. The van der Waals surface area contributed by atoms with Crippen LogP contribution in [0.4, 0.5) is 0 Å². The first-order valence-corrected chi connectivity index (χ1v) is 6.99. The Hall–Kier alpha value is -2.20. The Kier molecular flexibility index (Phi) is 3.48. The van der Waals surface area contributed by atoms with Crippen molar-refractivity contribution in [3.63, 3.8) is 0 Å². The van der Waals surface area contributed by atoms with E-state index < -0.39 is 0 Å². The number of nitrogens with zero attached hydrogens (tertiary/aromatic N) is 1. The molecule has 3 rings (SSSR count). The van der Waals surface area contributed by atoms with Crippen LogP contribution in [0.5, 0.6) is 11.5 Å². The number of fused-ring (bicyclic) bond motifs is 1. The first-order valence-electron chi connectivity index (χ1n) is 6.17. The standard InChI is InChI=1S/C16H13NO2S/c1-19-14-7-4-5-12-11(14)9-10-17-16(12)20-15-8-3-2-6-13(15)18/h2-10,18H,1H3. The number of hydrogen-bond acceptors (Lipinski definition) is 4. The second kappa shape index (κ2) is 5.43. The Bertz CT molecular complexity index is 758. The van der Waals surface area contributed by atoms with Gasteiger partial charge in [-0.1, -0.05) is 36.0 Å². The third kappa shape index (κ3) is 2.30. The summed E-state index contributed by atoms with van der Waals surface area (Å²) in [6.45, 7) is 0. The average Bonchev–Trinajstić information content (AvgIpc) is 2.49. The minimum atomic E-state index is 0.263. The van der Waals surface area contributed by atoms with E-state index in [-0.39, 0.29) is 5.75 Å². The summed E-state index contributed by atoms with van der Waals surface area (Å²) in [4.78, 5) is 5.20. The van der Waals surface area contributed by atoms with Crippen LogP contribution in [0.3, 0.4) is 0 Å². The van der Waals surface area contributed by atoms with Gasteiger partial charge in [-0.2, -0.15) is 0 Å². The van der Waals surface area contributed by atoms with Crippen LogP contribution in [0, 0.1) is 0 Å². The average molecular weight is 283 g/mol. The molecule has 2 aromatic carbocycles. The van der Waals surface area contributed by atoms with Crippen LogP contribution < -0.4 is 4.74 Å². The van der Waals surface area contributed by atoms with Gasteiger partial charge in [0.1, 0.15) is 16.5 Å². The molecule has 0 aliphatic carbocycles. The van der Waals surface area contributed by atoms with Gasteiger partial charge in [-0.25, -0.2) is 4.98 Å². The molecule has 4 heteroatoms. The van der Waals surface area contributed by atoms with Gasteiger partial charge in [-0.3, -0.25) is 0 Å². The molecular weight excluding hydrogens is 270 g/mol. The Morgan fingerprint density at radius 1 is 1.00 bits per heavy atom. The van der Waals surface area contributed by atoms with Crippen molar-refractivity contribution in [3.05, 3.63) is 54.7 Å². The summed E-state index contributed by atoms with van der Waals surface area (Å²) in [5.41, 5.74) is 0. The molecular formula is C16H13NO2S. The highest BCUT2D eigenvalue weighted by Crippen LogP contribution is 2.38. The molecule has 0 saturated carbocycles. The Labute approximate surface area is 121 Å². The molecule has 1 N–H and O–H groups in total. The van der Waals surface area contributed by atoms with Gasteiger partial charge in [0.25, 0.3) is 0 Å². The van der Waals surface area contributed by atoms with Gasteiger partial charge in [0.2, 0.25) is 0 Å². The summed E-state index contributed by atoms with van der Waals surface area (Å²) in [6.07, 6.45) is 1.76. The lowest BCUT2D eigenvalue weighted by Crippen LogP contribution is -1.88. The summed E-state index contributed by atoms with van der Waals surface area (Å²) < 4.78 is 5.37. The van der Waals surface area contributed by atoms with Crippen molar-refractivity contribution in [2.75, 3.05) is 7.11 Å². The van der Waals surface area contributed by atoms with Crippen molar-refractivity contribution in [1.82, 2.24) is 4.98 Å². The van der Waals surface area contributed by atoms with Crippen LogP contribution in [0.15, 0.2) is 64.6 Å². The van der Waals surface area contributed by atoms with Crippen molar-refractivity contribution >= 4 is 22.5 Å². The molecule has 0 radical (unpaired) electrons. The number of pyridine rings is 1. The van der Waals surface area contributed by atoms with Gasteiger partial charge >= 0.3 is 0 Å². The summed E-state index contributed by atoms with van der Waals surface area (Å²) >= 11 is 1.45. The maximum absolute atomic E-state index is 9.87. The molecule has 0 spiro atoms. The normalized spacial score (nSPS) is 10.7. The van der Waals surface area contributed by atoms with Crippen LogP contribution in [-0.4, -0.2) is 17.2 Å². The minimum absolute atomic E-state index is 0.263. The van der Waals surface area contributed by atoms with Crippen molar-refractivity contribution in [2.24, 2.45) is 0 Å². The lowest BCUT2D eigenvalue weighted by Gasteiger charge is -2.09. The van der Waals surface area contributed by atoms with Gasteiger partial charge in [0.05, 0.1) is 12.0 Å². The molecule has 3 aromatic rings. The van der Waals surface area contributed by atoms with E-state index in [2.05, 4.69) is 4.98 Å². The Balaban J connectivity index is 2.11. The zero-order chi connectivity index (χ0) is 13.9. The first kappa shape index (κ1) is 12.8.